The number of imidazole rings is 1. The standard InChI is InChI=1S/C9H9N7O2/c1-4(16-3-10-2-11-16)6-12-5-7(13-6)14-9(18)15-8(5)17/h2-4H,1H3,(H3,12,13,14,15,17,18). The Bertz CT molecular complexity index is 794. The predicted octanol–water partition coefficient (Wildman–Crippen LogP) is -0.860. The fraction of sp³-hybridized carbons (Fsp3) is 0.222. The summed E-state index contributed by atoms with van der Waals surface area (Å²) in [4.78, 5) is 38.1. The molecule has 1 atom stereocenters. The highest BCUT2D eigenvalue weighted by Gasteiger charge is 2.15. The quantitative estimate of drug-likeness (QED) is 0.543. The Kier molecular flexibility index (Phi) is 2.12. The van der Waals surface area contributed by atoms with Crippen LogP contribution in [0.2, 0.25) is 0 Å². The van der Waals surface area contributed by atoms with Gasteiger partial charge in [-0.05, 0) is 6.92 Å². The zero-order valence-corrected chi connectivity index (χ0v) is 9.34. The third-order valence-electron chi connectivity index (χ3n) is 2.64. The van der Waals surface area contributed by atoms with E-state index in [-0.39, 0.29) is 17.2 Å². The molecule has 3 N–H and O–H groups in total. The number of aromatic nitrogens is 7. The van der Waals surface area contributed by atoms with Crippen molar-refractivity contribution in [3.05, 3.63) is 39.3 Å². The second-order valence-corrected chi connectivity index (χ2v) is 3.81. The van der Waals surface area contributed by atoms with Crippen LogP contribution in [0.1, 0.15) is 18.8 Å². The lowest BCUT2D eigenvalue weighted by Gasteiger charge is -2.06. The van der Waals surface area contributed by atoms with Crippen molar-refractivity contribution in [1.29, 1.82) is 0 Å². The third kappa shape index (κ3) is 1.52. The first-order valence-electron chi connectivity index (χ1n) is 5.21. The molecule has 0 aromatic carbocycles. The number of nitrogens with one attached hydrogen (secondary N) is 3. The lowest BCUT2D eigenvalue weighted by molar-refractivity contribution is 0.540. The number of hydrogen-bond donors (Lipinski definition) is 3. The van der Waals surface area contributed by atoms with Gasteiger partial charge in [-0.3, -0.25) is 14.8 Å². The molecule has 18 heavy (non-hydrogen) atoms. The lowest BCUT2D eigenvalue weighted by Crippen LogP contribution is -2.21. The normalized spacial score (nSPS) is 12.9. The molecule has 0 saturated heterocycles. The molecule has 0 bridgehead atoms. The Balaban J connectivity index is 2.17. The van der Waals surface area contributed by atoms with Crippen LogP contribution >= 0.6 is 0 Å². The molecule has 3 heterocycles. The van der Waals surface area contributed by atoms with Crippen molar-refractivity contribution < 1.29 is 0 Å². The van der Waals surface area contributed by atoms with Crippen molar-refractivity contribution in [2.75, 3.05) is 0 Å². The van der Waals surface area contributed by atoms with Crippen molar-refractivity contribution >= 4 is 11.2 Å². The van der Waals surface area contributed by atoms with Gasteiger partial charge in [0.25, 0.3) is 5.56 Å². The molecule has 0 saturated carbocycles. The van der Waals surface area contributed by atoms with Crippen LogP contribution < -0.4 is 11.2 Å². The Morgan fingerprint density at radius 3 is 2.83 bits per heavy atom. The number of fused-ring (bicyclic) bond motifs is 1. The van der Waals surface area contributed by atoms with Crippen molar-refractivity contribution in [3.63, 3.8) is 0 Å². The van der Waals surface area contributed by atoms with Gasteiger partial charge in [0.15, 0.2) is 5.65 Å². The van der Waals surface area contributed by atoms with Gasteiger partial charge in [-0.2, -0.15) is 5.10 Å². The summed E-state index contributed by atoms with van der Waals surface area (Å²) in [5.41, 5.74) is -0.625. The number of aromatic amines is 3. The van der Waals surface area contributed by atoms with Crippen LogP contribution in [0.25, 0.3) is 11.2 Å². The maximum Gasteiger partial charge on any atom is 0.327 e. The van der Waals surface area contributed by atoms with Crippen LogP contribution in [0.5, 0.6) is 0 Å². The molecule has 3 aromatic rings. The van der Waals surface area contributed by atoms with Crippen LogP contribution in [0.15, 0.2) is 22.2 Å². The highest BCUT2D eigenvalue weighted by Crippen LogP contribution is 2.13. The zero-order valence-electron chi connectivity index (χ0n) is 9.34. The van der Waals surface area contributed by atoms with Gasteiger partial charge < -0.3 is 4.98 Å². The van der Waals surface area contributed by atoms with Crippen molar-refractivity contribution in [3.8, 4) is 0 Å². The van der Waals surface area contributed by atoms with Gasteiger partial charge in [0.05, 0.1) is 0 Å². The summed E-state index contributed by atoms with van der Waals surface area (Å²) < 4.78 is 1.59. The van der Waals surface area contributed by atoms with Crippen molar-refractivity contribution in [2.45, 2.75) is 13.0 Å². The van der Waals surface area contributed by atoms with E-state index in [2.05, 4.69) is 30.0 Å². The van der Waals surface area contributed by atoms with Gasteiger partial charge in [-0.15, -0.1) is 0 Å². The molecule has 0 aliphatic rings. The second-order valence-electron chi connectivity index (χ2n) is 3.81. The molecule has 0 aliphatic carbocycles. The van der Waals surface area contributed by atoms with Gasteiger partial charge in [0.1, 0.15) is 30.0 Å². The average Bonchev–Trinajstić information content (AvgIpc) is 2.96. The largest absolute Gasteiger partial charge is 0.334 e. The summed E-state index contributed by atoms with van der Waals surface area (Å²) in [6.07, 6.45) is 2.96. The van der Waals surface area contributed by atoms with E-state index in [9.17, 15) is 9.59 Å². The number of nitrogens with zero attached hydrogens (tertiary/aromatic N) is 4. The van der Waals surface area contributed by atoms with E-state index < -0.39 is 11.2 Å². The van der Waals surface area contributed by atoms with Crippen molar-refractivity contribution in [2.24, 2.45) is 0 Å². The van der Waals surface area contributed by atoms with Gasteiger partial charge >= 0.3 is 5.69 Å². The molecule has 3 aromatic heterocycles. The molecule has 9 heteroatoms. The highest BCUT2D eigenvalue weighted by molar-refractivity contribution is 5.68. The van der Waals surface area contributed by atoms with Crippen molar-refractivity contribution in [1.82, 2.24) is 34.7 Å². The van der Waals surface area contributed by atoms with E-state index in [0.29, 0.717) is 5.82 Å². The summed E-state index contributed by atoms with van der Waals surface area (Å²) in [7, 11) is 0. The van der Waals surface area contributed by atoms with Gasteiger partial charge in [-0.25, -0.2) is 19.4 Å². The monoisotopic (exact) mass is 247 g/mol. The molecule has 0 amide bonds. The van der Waals surface area contributed by atoms with E-state index >= 15 is 0 Å². The molecular formula is C9H9N7O2. The molecule has 0 radical (unpaired) electrons. The zero-order chi connectivity index (χ0) is 12.7. The number of rotatable bonds is 2. The lowest BCUT2D eigenvalue weighted by atomic mass is 10.3. The highest BCUT2D eigenvalue weighted by atomic mass is 16.2. The van der Waals surface area contributed by atoms with Crippen LogP contribution in [0.4, 0.5) is 0 Å². The maximum absolute atomic E-state index is 11.5. The van der Waals surface area contributed by atoms with E-state index in [1.165, 1.54) is 6.33 Å². The maximum atomic E-state index is 11.5. The van der Waals surface area contributed by atoms with Crippen LogP contribution in [0, 0.1) is 0 Å². The molecule has 92 valence electrons. The summed E-state index contributed by atoms with van der Waals surface area (Å²) in [6, 6.07) is -0.220. The Labute approximate surface area is 98.9 Å². The van der Waals surface area contributed by atoms with E-state index in [1.807, 2.05) is 6.92 Å². The molecular weight excluding hydrogens is 238 g/mol. The fourth-order valence-electron chi connectivity index (χ4n) is 1.69. The van der Waals surface area contributed by atoms with E-state index in [1.54, 1.807) is 11.0 Å². The molecule has 0 aliphatic heterocycles. The Hall–Kier alpha value is -2.71. The minimum Gasteiger partial charge on any atom is -0.334 e. The summed E-state index contributed by atoms with van der Waals surface area (Å²) in [5, 5.41) is 3.99. The molecule has 0 fully saturated rings. The minimum atomic E-state index is -0.584. The van der Waals surface area contributed by atoms with Gasteiger partial charge in [-0.1, -0.05) is 0 Å². The van der Waals surface area contributed by atoms with Gasteiger partial charge in [0.2, 0.25) is 0 Å². The molecule has 1 unspecified atom stereocenters. The topological polar surface area (TPSA) is 125 Å². The first-order chi connectivity index (χ1) is 8.65. The SMILES string of the molecule is CC(c1nc2[nH]c(=O)[nH]c(=O)c2[nH]1)n1cncn1. The Morgan fingerprint density at radius 1 is 1.28 bits per heavy atom. The molecule has 9 nitrogen and oxygen atoms in total. The molecule has 0 spiro atoms. The number of hydrogen-bond acceptors (Lipinski definition) is 5. The van der Waals surface area contributed by atoms with E-state index in [4.69, 9.17) is 0 Å². The van der Waals surface area contributed by atoms with Crippen LogP contribution in [-0.2, 0) is 0 Å². The second kappa shape index (κ2) is 3.65. The Morgan fingerprint density at radius 2 is 2.11 bits per heavy atom. The summed E-state index contributed by atoms with van der Waals surface area (Å²) in [6.45, 7) is 1.85. The third-order valence-corrected chi connectivity index (χ3v) is 2.64. The average molecular weight is 247 g/mol. The van der Waals surface area contributed by atoms with Crippen LogP contribution in [-0.4, -0.2) is 34.7 Å². The number of H-pyrrole nitrogens is 3. The van der Waals surface area contributed by atoms with Gasteiger partial charge in [0, 0.05) is 0 Å². The van der Waals surface area contributed by atoms with E-state index in [0.717, 1.165) is 0 Å². The predicted molar refractivity (Wildman–Crippen MR) is 61.2 cm³/mol. The minimum absolute atomic E-state index is 0.220. The first kappa shape index (κ1) is 10.4. The molecule has 3 rings (SSSR count). The fourth-order valence-corrected chi connectivity index (χ4v) is 1.69. The van der Waals surface area contributed by atoms with Crippen LogP contribution in [0.3, 0.4) is 0 Å². The summed E-state index contributed by atoms with van der Waals surface area (Å²) >= 11 is 0. The smallest absolute Gasteiger partial charge is 0.327 e. The summed E-state index contributed by atoms with van der Waals surface area (Å²) in [5.74, 6) is 0.517. The first-order valence-corrected chi connectivity index (χ1v) is 5.21.